The van der Waals surface area contributed by atoms with Crippen molar-refractivity contribution in [3.8, 4) is 0 Å². The molecule has 0 aliphatic carbocycles. The number of imidazole rings is 1. The maximum absolute atomic E-state index is 7.00. The van der Waals surface area contributed by atoms with Crippen molar-refractivity contribution >= 4 is 6.08 Å². The average molecular weight is 481 g/mol. The van der Waals surface area contributed by atoms with Crippen molar-refractivity contribution in [2.45, 2.75) is 53.5 Å². The first-order chi connectivity index (χ1) is 17.0. The summed E-state index contributed by atoms with van der Waals surface area (Å²) in [6, 6.07) is -0.100. The number of hydrogen-bond donors (Lipinski definition) is 4. The monoisotopic (exact) mass is 480 g/mol. The first-order valence-electron chi connectivity index (χ1n) is 11.8. The maximum atomic E-state index is 7.00. The smallest absolute Gasteiger partial charge is 0.129 e. The Morgan fingerprint density at radius 1 is 1.11 bits per heavy atom. The molecule has 0 bridgehead atoms. The SMILES string of the molecule is C=C/C=C/C(=C)NC(CC(=C)/C(=C\N)CC)c1ncc(/C=C/C=C\C=C/C)[nH]1.C=CC.CC.CO. The van der Waals surface area contributed by atoms with Crippen LogP contribution in [0.4, 0.5) is 0 Å². The number of hydrogen-bond acceptors (Lipinski definition) is 4. The Morgan fingerprint density at radius 2 is 1.71 bits per heavy atom. The summed E-state index contributed by atoms with van der Waals surface area (Å²) in [5.41, 5.74) is 9.45. The van der Waals surface area contributed by atoms with E-state index in [1.54, 1.807) is 18.4 Å². The van der Waals surface area contributed by atoms with Gasteiger partial charge in [0.1, 0.15) is 5.82 Å². The summed E-state index contributed by atoms with van der Waals surface area (Å²) in [5.74, 6) is 0.818. The van der Waals surface area contributed by atoms with Crippen LogP contribution in [-0.4, -0.2) is 22.2 Å². The Labute approximate surface area is 214 Å². The summed E-state index contributed by atoms with van der Waals surface area (Å²) < 4.78 is 0. The van der Waals surface area contributed by atoms with Gasteiger partial charge in [0.25, 0.3) is 0 Å². The highest BCUT2D eigenvalue weighted by Gasteiger charge is 2.17. The van der Waals surface area contributed by atoms with Gasteiger partial charge in [-0.15, -0.1) is 6.58 Å². The predicted molar refractivity (Wildman–Crippen MR) is 158 cm³/mol. The molecule has 0 aromatic carbocycles. The fraction of sp³-hybridized carbons (Fsp3) is 0.300. The molecule has 0 saturated heterocycles. The van der Waals surface area contributed by atoms with Gasteiger partial charge < -0.3 is 21.1 Å². The number of nitrogens with one attached hydrogen (secondary N) is 2. The van der Waals surface area contributed by atoms with E-state index in [9.17, 15) is 0 Å². The van der Waals surface area contributed by atoms with Crippen LogP contribution >= 0.6 is 0 Å². The number of aliphatic hydroxyl groups excluding tert-OH is 1. The van der Waals surface area contributed by atoms with E-state index in [2.05, 4.69) is 48.5 Å². The average Bonchev–Trinajstić information content (AvgIpc) is 3.35. The van der Waals surface area contributed by atoms with Gasteiger partial charge in [-0.25, -0.2) is 4.98 Å². The molecule has 1 rings (SSSR count). The third kappa shape index (κ3) is 18.5. The van der Waals surface area contributed by atoms with Crippen LogP contribution in [0, 0.1) is 0 Å². The van der Waals surface area contributed by atoms with Crippen LogP contribution in [0.5, 0.6) is 0 Å². The van der Waals surface area contributed by atoms with Gasteiger partial charge in [0.2, 0.25) is 0 Å². The summed E-state index contributed by atoms with van der Waals surface area (Å²) in [7, 11) is 1.00. The lowest BCUT2D eigenvalue weighted by Gasteiger charge is -2.20. The van der Waals surface area contributed by atoms with Gasteiger partial charge in [0.05, 0.1) is 17.9 Å². The molecule has 0 radical (unpaired) electrons. The van der Waals surface area contributed by atoms with Crippen molar-refractivity contribution in [2.75, 3.05) is 7.11 Å². The third-order valence-corrected chi connectivity index (χ3v) is 4.03. The lowest BCUT2D eigenvalue weighted by atomic mass is 9.98. The molecule has 5 nitrogen and oxygen atoms in total. The summed E-state index contributed by atoms with van der Waals surface area (Å²) in [6.45, 7) is 25.2. The van der Waals surface area contributed by atoms with Gasteiger partial charge in [0, 0.05) is 12.8 Å². The second-order valence-corrected chi connectivity index (χ2v) is 6.57. The zero-order valence-electron chi connectivity index (χ0n) is 22.7. The molecule has 0 aliphatic rings. The number of aliphatic hydroxyl groups is 1. The quantitative estimate of drug-likeness (QED) is 0.185. The Kier molecular flexibility index (Phi) is 27.4. The second-order valence-electron chi connectivity index (χ2n) is 6.57. The van der Waals surface area contributed by atoms with E-state index in [1.807, 2.05) is 82.5 Å². The number of aromatic nitrogens is 2. The Bertz CT molecular complexity index is 851. The first-order valence-corrected chi connectivity index (χ1v) is 11.8. The molecular weight excluding hydrogens is 432 g/mol. The second kappa shape index (κ2) is 26.7. The van der Waals surface area contributed by atoms with Crippen LogP contribution in [0.3, 0.4) is 0 Å². The third-order valence-electron chi connectivity index (χ3n) is 4.03. The fourth-order valence-electron chi connectivity index (χ4n) is 2.55. The lowest BCUT2D eigenvalue weighted by Crippen LogP contribution is -2.21. The number of aromatic amines is 1. The van der Waals surface area contributed by atoms with Crippen LogP contribution in [0.25, 0.3) is 6.08 Å². The lowest BCUT2D eigenvalue weighted by molar-refractivity contribution is 0.399. The minimum absolute atomic E-state index is 0.100. The van der Waals surface area contributed by atoms with Crippen molar-refractivity contribution < 1.29 is 5.11 Å². The molecule has 0 fully saturated rings. The van der Waals surface area contributed by atoms with E-state index in [1.165, 1.54) is 0 Å². The van der Waals surface area contributed by atoms with E-state index in [-0.39, 0.29) is 6.04 Å². The Balaban J connectivity index is -0.00000132. The number of allylic oxidation sites excluding steroid dienone is 10. The van der Waals surface area contributed by atoms with Crippen molar-refractivity contribution in [3.63, 3.8) is 0 Å². The number of H-pyrrole nitrogens is 1. The molecule has 0 spiro atoms. The molecular formula is C30H48N4O. The van der Waals surface area contributed by atoms with Crippen LogP contribution < -0.4 is 11.1 Å². The van der Waals surface area contributed by atoms with Gasteiger partial charge in [-0.3, -0.25) is 0 Å². The Morgan fingerprint density at radius 3 is 2.23 bits per heavy atom. The maximum Gasteiger partial charge on any atom is 0.129 e. The minimum atomic E-state index is -0.100. The first kappa shape index (κ1) is 36.0. The van der Waals surface area contributed by atoms with Crippen molar-refractivity contribution in [1.29, 1.82) is 0 Å². The van der Waals surface area contributed by atoms with Crippen molar-refractivity contribution in [3.05, 3.63) is 122 Å². The van der Waals surface area contributed by atoms with Crippen LogP contribution in [0.1, 0.15) is 65.0 Å². The molecule has 0 amide bonds. The largest absolute Gasteiger partial charge is 0.404 e. The number of rotatable bonds is 12. The highest BCUT2D eigenvalue weighted by atomic mass is 16.2. The van der Waals surface area contributed by atoms with Crippen molar-refractivity contribution in [2.24, 2.45) is 5.73 Å². The molecule has 35 heavy (non-hydrogen) atoms. The van der Waals surface area contributed by atoms with E-state index in [0.29, 0.717) is 6.42 Å². The van der Waals surface area contributed by atoms with E-state index in [4.69, 9.17) is 10.8 Å². The fourth-order valence-corrected chi connectivity index (χ4v) is 2.55. The molecule has 1 aromatic heterocycles. The molecule has 1 unspecified atom stereocenters. The molecule has 0 saturated carbocycles. The van der Waals surface area contributed by atoms with Crippen LogP contribution in [0.2, 0.25) is 0 Å². The number of nitrogens with zero attached hydrogens (tertiary/aromatic N) is 1. The zero-order chi connectivity index (χ0) is 27.5. The molecule has 1 aromatic rings. The highest BCUT2D eigenvalue weighted by Crippen LogP contribution is 2.25. The summed E-state index contributed by atoms with van der Waals surface area (Å²) in [5, 5.41) is 10.4. The molecule has 1 heterocycles. The van der Waals surface area contributed by atoms with Crippen LogP contribution in [0.15, 0.2) is 110 Å². The number of nitrogens with two attached hydrogens (primary N) is 1. The standard InChI is InChI=1S/C24H32N4.C3H6.C2H6.CH4O/c1-6-9-11-12-13-15-22-18-26-24(28-22)23(27-20(5)14-10-7-2)16-19(4)21(8-3)17-25;1-3-2;2*1-2/h6-7,9-15,17-18,23,27H,2,4-5,8,16,25H2,1,3H3,(H,26,28);3H,1H2,2H3;1-2H3;2H,1H3/b9-6-,12-11-,14-10+,15-13+,21-17-;;;. The van der Waals surface area contributed by atoms with Gasteiger partial charge in [-0.1, -0.05) is 89.1 Å². The van der Waals surface area contributed by atoms with E-state index >= 15 is 0 Å². The highest BCUT2D eigenvalue weighted by molar-refractivity contribution is 5.46. The summed E-state index contributed by atoms with van der Waals surface area (Å²) in [4.78, 5) is 7.90. The molecule has 5 heteroatoms. The van der Waals surface area contributed by atoms with Gasteiger partial charge in [0.15, 0.2) is 0 Å². The van der Waals surface area contributed by atoms with Gasteiger partial charge >= 0.3 is 0 Å². The minimum Gasteiger partial charge on any atom is -0.404 e. The van der Waals surface area contributed by atoms with Gasteiger partial charge in [-0.2, -0.15) is 0 Å². The van der Waals surface area contributed by atoms with E-state index in [0.717, 1.165) is 41.9 Å². The van der Waals surface area contributed by atoms with Gasteiger partial charge in [-0.05, 0) is 56.2 Å². The topological polar surface area (TPSA) is 87.0 Å². The molecule has 194 valence electrons. The molecule has 0 aliphatic heterocycles. The predicted octanol–water partition coefficient (Wildman–Crippen LogP) is 7.47. The van der Waals surface area contributed by atoms with E-state index < -0.39 is 0 Å². The normalized spacial score (nSPS) is 11.7. The van der Waals surface area contributed by atoms with Crippen molar-refractivity contribution in [1.82, 2.24) is 15.3 Å². The summed E-state index contributed by atoms with van der Waals surface area (Å²) in [6.07, 6.45) is 24.0. The molecule has 5 N–H and O–H groups in total. The molecule has 1 atom stereocenters. The Hall–Kier alpha value is -3.57. The van der Waals surface area contributed by atoms with Crippen LogP contribution in [-0.2, 0) is 0 Å². The zero-order valence-corrected chi connectivity index (χ0v) is 22.7. The summed E-state index contributed by atoms with van der Waals surface area (Å²) >= 11 is 0.